The lowest BCUT2D eigenvalue weighted by Gasteiger charge is -2.20. The van der Waals surface area contributed by atoms with E-state index in [9.17, 15) is 34.8 Å². The highest BCUT2D eigenvalue weighted by molar-refractivity contribution is 7.92. The van der Waals surface area contributed by atoms with Gasteiger partial charge in [-0.05, 0) is 55.4 Å². The largest absolute Gasteiger partial charge is 0.501 e. The third-order valence-electron chi connectivity index (χ3n) is 4.76. The molecule has 0 atom stereocenters. The van der Waals surface area contributed by atoms with Gasteiger partial charge in [0.15, 0.2) is 0 Å². The molecule has 1 fully saturated rings. The van der Waals surface area contributed by atoms with Crippen LogP contribution in [0, 0.1) is 0 Å². The maximum Gasteiger partial charge on any atom is 0.501 e. The number of amides is 1. The summed E-state index contributed by atoms with van der Waals surface area (Å²) in [4.78, 5) is 11.5. The fourth-order valence-electron chi connectivity index (χ4n) is 3.06. The van der Waals surface area contributed by atoms with E-state index in [0.29, 0.717) is 32.6 Å². The Bertz CT molecular complexity index is 1190. The summed E-state index contributed by atoms with van der Waals surface area (Å²) in [5.41, 5.74) is -5.37. The molecular formula is C19H20F3N3O5S2. The molecule has 0 radical (unpaired) electrons. The molecule has 0 aromatic heterocycles. The summed E-state index contributed by atoms with van der Waals surface area (Å²) in [6.45, 7) is 1.86. The van der Waals surface area contributed by atoms with E-state index < -0.39 is 36.2 Å². The number of benzene rings is 2. The number of nitrogens with zero attached hydrogens (tertiary/aromatic N) is 1. The van der Waals surface area contributed by atoms with Crippen molar-refractivity contribution < 1.29 is 34.8 Å². The van der Waals surface area contributed by atoms with Gasteiger partial charge in [-0.15, -0.1) is 0 Å². The maximum absolute atomic E-state index is 12.9. The van der Waals surface area contributed by atoms with E-state index >= 15 is 0 Å². The van der Waals surface area contributed by atoms with Crippen LogP contribution in [-0.2, 0) is 19.9 Å². The Kier molecular flexibility index (Phi) is 6.93. The molecule has 2 N–H and O–H groups in total. The molecule has 1 amide bonds. The molecule has 2 aromatic carbocycles. The zero-order valence-electron chi connectivity index (χ0n) is 16.6. The van der Waals surface area contributed by atoms with Crippen LogP contribution >= 0.6 is 0 Å². The number of rotatable bonds is 5. The molecule has 0 aliphatic carbocycles. The molecule has 174 valence electrons. The van der Waals surface area contributed by atoms with E-state index in [1.54, 1.807) is 0 Å². The highest BCUT2D eigenvalue weighted by Gasteiger charge is 2.46. The molecule has 32 heavy (non-hydrogen) atoms. The Hall–Kier alpha value is -2.48. The molecule has 1 heterocycles. The third kappa shape index (κ3) is 5.11. The summed E-state index contributed by atoms with van der Waals surface area (Å²) >= 11 is 0. The van der Waals surface area contributed by atoms with Crippen LogP contribution in [0.1, 0.15) is 16.8 Å². The van der Waals surface area contributed by atoms with Gasteiger partial charge in [0, 0.05) is 30.9 Å². The summed E-state index contributed by atoms with van der Waals surface area (Å²) in [6, 6.07) is 8.88. The summed E-state index contributed by atoms with van der Waals surface area (Å²) in [7, 11) is -9.31. The molecular weight excluding hydrogens is 471 g/mol. The van der Waals surface area contributed by atoms with Gasteiger partial charge in [0.2, 0.25) is 10.0 Å². The number of carbonyl (C=O) groups is 1. The summed E-state index contributed by atoms with van der Waals surface area (Å²) < 4.78 is 87.9. The first kappa shape index (κ1) is 24.2. The molecule has 0 saturated carbocycles. The van der Waals surface area contributed by atoms with Crippen LogP contribution in [0.2, 0.25) is 0 Å². The Balaban J connectivity index is 1.78. The maximum atomic E-state index is 12.9. The predicted molar refractivity (Wildman–Crippen MR) is 110 cm³/mol. The smallest absolute Gasteiger partial charge is 0.322 e. The second-order valence-corrected chi connectivity index (χ2v) is 10.8. The Morgan fingerprint density at radius 2 is 1.62 bits per heavy atom. The van der Waals surface area contributed by atoms with Crippen molar-refractivity contribution in [2.75, 3.05) is 31.5 Å². The van der Waals surface area contributed by atoms with E-state index in [2.05, 4.69) is 10.6 Å². The third-order valence-corrected chi connectivity index (χ3v) is 8.16. The van der Waals surface area contributed by atoms with Gasteiger partial charge in [0.25, 0.3) is 15.7 Å². The quantitative estimate of drug-likeness (QED) is 0.663. The lowest BCUT2D eigenvalue weighted by Crippen LogP contribution is -2.34. The van der Waals surface area contributed by atoms with Crippen molar-refractivity contribution in [3.63, 3.8) is 0 Å². The fourth-order valence-corrected chi connectivity index (χ4v) is 5.35. The molecule has 0 bridgehead atoms. The van der Waals surface area contributed by atoms with Crippen LogP contribution in [0.4, 0.5) is 18.9 Å². The van der Waals surface area contributed by atoms with Gasteiger partial charge in [0.1, 0.15) is 0 Å². The minimum absolute atomic E-state index is 0.0195. The number of alkyl halides is 3. The van der Waals surface area contributed by atoms with Crippen LogP contribution in [0.3, 0.4) is 0 Å². The SMILES string of the molecule is O=C(Nc1ccc(S(=O)(=O)C(F)(F)F)cc1)c1cccc(S(=O)(=O)N2CCCNCC2)c1. The predicted octanol–water partition coefficient (Wildman–Crippen LogP) is 2.22. The van der Waals surface area contributed by atoms with Crippen molar-refractivity contribution in [2.24, 2.45) is 0 Å². The molecule has 1 aliphatic heterocycles. The Morgan fingerprint density at radius 1 is 0.938 bits per heavy atom. The van der Waals surface area contributed by atoms with Gasteiger partial charge in [-0.1, -0.05) is 6.07 Å². The first-order chi connectivity index (χ1) is 14.9. The van der Waals surface area contributed by atoms with Crippen LogP contribution in [0.15, 0.2) is 58.3 Å². The van der Waals surface area contributed by atoms with Crippen molar-refractivity contribution in [1.82, 2.24) is 9.62 Å². The van der Waals surface area contributed by atoms with E-state index in [-0.39, 0.29) is 16.1 Å². The highest BCUT2D eigenvalue weighted by atomic mass is 32.2. The van der Waals surface area contributed by atoms with Crippen molar-refractivity contribution in [3.8, 4) is 0 Å². The van der Waals surface area contributed by atoms with E-state index in [1.165, 1.54) is 28.6 Å². The standard InChI is InChI=1S/C19H20F3N3O5S2/c20-19(21,22)31(27,28)16-7-5-15(6-8-16)24-18(26)14-3-1-4-17(13-14)32(29,30)25-11-2-9-23-10-12-25/h1,3-8,13,23H,2,9-12H2,(H,24,26). The highest BCUT2D eigenvalue weighted by Crippen LogP contribution is 2.30. The molecule has 1 aliphatic rings. The average Bonchev–Trinajstić information content (AvgIpc) is 3.03. The first-order valence-corrected chi connectivity index (χ1v) is 12.4. The minimum atomic E-state index is -5.50. The van der Waals surface area contributed by atoms with E-state index in [0.717, 1.165) is 24.3 Å². The van der Waals surface area contributed by atoms with Crippen LogP contribution < -0.4 is 10.6 Å². The van der Waals surface area contributed by atoms with Gasteiger partial charge in [-0.3, -0.25) is 4.79 Å². The number of anilines is 1. The van der Waals surface area contributed by atoms with Gasteiger partial charge in [-0.25, -0.2) is 16.8 Å². The van der Waals surface area contributed by atoms with Crippen molar-refractivity contribution in [1.29, 1.82) is 0 Å². The van der Waals surface area contributed by atoms with Gasteiger partial charge >= 0.3 is 5.51 Å². The minimum Gasteiger partial charge on any atom is -0.322 e. The summed E-state index contributed by atoms with van der Waals surface area (Å²) in [5.74, 6) is -0.703. The Morgan fingerprint density at radius 3 is 2.28 bits per heavy atom. The lowest BCUT2D eigenvalue weighted by molar-refractivity contribution is -0.0436. The fraction of sp³-hybridized carbons (Fsp3) is 0.316. The molecule has 8 nitrogen and oxygen atoms in total. The second kappa shape index (κ2) is 9.17. The molecule has 0 spiro atoms. The molecule has 1 saturated heterocycles. The zero-order chi connectivity index (χ0) is 23.6. The number of sulfonamides is 1. The number of hydrogen-bond acceptors (Lipinski definition) is 6. The average molecular weight is 492 g/mol. The molecule has 0 unspecified atom stereocenters. The van der Waals surface area contributed by atoms with Crippen molar-refractivity contribution in [2.45, 2.75) is 21.7 Å². The van der Waals surface area contributed by atoms with E-state index in [4.69, 9.17) is 0 Å². The molecule has 3 rings (SSSR count). The first-order valence-electron chi connectivity index (χ1n) is 9.46. The second-order valence-electron chi connectivity index (χ2n) is 6.96. The number of sulfone groups is 1. The van der Waals surface area contributed by atoms with Gasteiger partial charge in [0.05, 0.1) is 9.79 Å². The molecule has 2 aromatic rings. The number of halogens is 3. The van der Waals surface area contributed by atoms with Crippen LogP contribution in [-0.4, -0.2) is 58.7 Å². The molecule has 13 heteroatoms. The lowest BCUT2D eigenvalue weighted by atomic mass is 10.2. The van der Waals surface area contributed by atoms with Crippen LogP contribution in [0.25, 0.3) is 0 Å². The number of nitrogens with one attached hydrogen (secondary N) is 2. The van der Waals surface area contributed by atoms with Crippen molar-refractivity contribution in [3.05, 3.63) is 54.1 Å². The van der Waals surface area contributed by atoms with Crippen molar-refractivity contribution >= 4 is 31.5 Å². The monoisotopic (exact) mass is 491 g/mol. The van der Waals surface area contributed by atoms with Gasteiger partial charge < -0.3 is 10.6 Å². The summed E-state index contributed by atoms with van der Waals surface area (Å²) in [6.07, 6.45) is 0.652. The summed E-state index contributed by atoms with van der Waals surface area (Å²) in [5, 5.41) is 5.52. The van der Waals surface area contributed by atoms with Crippen LogP contribution in [0.5, 0.6) is 0 Å². The number of hydrogen-bond donors (Lipinski definition) is 2. The number of carbonyl (C=O) groups excluding carboxylic acids is 1. The topological polar surface area (TPSA) is 113 Å². The van der Waals surface area contributed by atoms with Gasteiger partial charge in [-0.2, -0.15) is 17.5 Å². The van der Waals surface area contributed by atoms with E-state index in [1.807, 2.05) is 0 Å². The zero-order valence-corrected chi connectivity index (χ0v) is 18.2. The Labute approximate surface area is 183 Å². The normalized spacial score (nSPS) is 16.3.